The highest BCUT2D eigenvalue weighted by Crippen LogP contribution is 2.21. The molecule has 0 aliphatic heterocycles. The van der Waals surface area contributed by atoms with Gasteiger partial charge < -0.3 is 10.6 Å². The van der Waals surface area contributed by atoms with Gasteiger partial charge in [-0.15, -0.1) is 0 Å². The Morgan fingerprint density at radius 2 is 1.75 bits per heavy atom. The molecule has 20 heavy (non-hydrogen) atoms. The first-order chi connectivity index (χ1) is 9.58. The standard InChI is InChI=1S/C16H17ClN2O/c1-11-6-5-9-14(12(11)2)18-10-16(20)19-15-8-4-3-7-13(15)17/h3-9,18H,10H2,1-2H3,(H,19,20). The molecule has 0 saturated carbocycles. The summed E-state index contributed by atoms with van der Waals surface area (Å²) in [6.07, 6.45) is 0. The zero-order chi connectivity index (χ0) is 14.5. The van der Waals surface area contributed by atoms with Gasteiger partial charge in [-0.3, -0.25) is 4.79 Å². The summed E-state index contributed by atoms with van der Waals surface area (Å²) in [7, 11) is 0. The number of nitrogens with one attached hydrogen (secondary N) is 2. The number of hydrogen-bond acceptors (Lipinski definition) is 2. The van der Waals surface area contributed by atoms with E-state index in [1.54, 1.807) is 12.1 Å². The van der Waals surface area contributed by atoms with Crippen LogP contribution in [-0.4, -0.2) is 12.5 Å². The maximum atomic E-state index is 11.9. The van der Waals surface area contributed by atoms with Crippen LogP contribution in [0, 0.1) is 13.8 Å². The van der Waals surface area contributed by atoms with E-state index >= 15 is 0 Å². The number of carbonyl (C=O) groups excluding carboxylic acids is 1. The van der Waals surface area contributed by atoms with Gasteiger partial charge in [-0.1, -0.05) is 35.9 Å². The maximum absolute atomic E-state index is 11.9. The van der Waals surface area contributed by atoms with Crippen molar-refractivity contribution in [2.75, 3.05) is 17.2 Å². The van der Waals surface area contributed by atoms with Crippen molar-refractivity contribution in [1.82, 2.24) is 0 Å². The first-order valence-electron chi connectivity index (χ1n) is 6.42. The van der Waals surface area contributed by atoms with E-state index in [1.165, 1.54) is 5.56 Å². The van der Waals surface area contributed by atoms with Gasteiger partial charge in [-0.05, 0) is 43.2 Å². The van der Waals surface area contributed by atoms with Crippen LogP contribution in [0.5, 0.6) is 0 Å². The van der Waals surface area contributed by atoms with Crippen LogP contribution in [0.1, 0.15) is 11.1 Å². The minimum Gasteiger partial charge on any atom is -0.376 e. The quantitative estimate of drug-likeness (QED) is 0.892. The zero-order valence-corrected chi connectivity index (χ0v) is 12.3. The van der Waals surface area contributed by atoms with Gasteiger partial charge in [0.2, 0.25) is 5.91 Å². The third-order valence-electron chi connectivity index (χ3n) is 3.19. The molecule has 104 valence electrons. The number of hydrogen-bond donors (Lipinski definition) is 2. The Bertz CT molecular complexity index is 626. The molecule has 2 rings (SSSR count). The summed E-state index contributed by atoms with van der Waals surface area (Å²) in [5, 5.41) is 6.45. The largest absolute Gasteiger partial charge is 0.376 e. The Balaban J connectivity index is 1.96. The van der Waals surface area contributed by atoms with Crippen LogP contribution in [0.3, 0.4) is 0 Å². The molecule has 0 fully saturated rings. The van der Waals surface area contributed by atoms with Crippen molar-refractivity contribution in [3.05, 3.63) is 58.6 Å². The van der Waals surface area contributed by atoms with Crippen LogP contribution in [-0.2, 0) is 4.79 Å². The molecule has 0 aliphatic rings. The van der Waals surface area contributed by atoms with E-state index in [0.717, 1.165) is 11.3 Å². The highest BCUT2D eigenvalue weighted by atomic mass is 35.5. The van der Waals surface area contributed by atoms with Gasteiger partial charge in [0.15, 0.2) is 0 Å². The Morgan fingerprint density at radius 3 is 2.50 bits per heavy atom. The second-order valence-corrected chi connectivity index (χ2v) is 5.04. The second kappa shape index (κ2) is 6.44. The van der Waals surface area contributed by atoms with Gasteiger partial charge in [0.1, 0.15) is 0 Å². The van der Waals surface area contributed by atoms with Gasteiger partial charge in [0, 0.05) is 5.69 Å². The van der Waals surface area contributed by atoms with Gasteiger partial charge in [0.05, 0.1) is 17.3 Å². The second-order valence-electron chi connectivity index (χ2n) is 4.63. The molecular formula is C16H17ClN2O. The molecule has 0 radical (unpaired) electrons. The Morgan fingerprint density at radius 1 is 1.05 bits per heavy atom. The van der Waals surface area contributed by atoms with Crippen LogP contribution in [0.15, 0.2) is 42.5 Å². The predicted octanol–water partition coefficient (Wildman–Crippen LogP) is 4.01. The van der Waals surface area contributed by atoms with E-state index in [0.29, 0.717) is 10.7 Å². The highest BCUT2D eigenvalue weighted by Gasteiger charge is 2.06. The van der Waals surface area contributed by atoms with E-state index in [2.05, 4.69) is 10.6 Å². The zero-order valence-electron chi connectivity index (χ0n) is 11.5. The number of anilines is 2. The van der Waals surface area contributed by atoms with E-state index in [9.17, 15) is 4.79 Å². The average molecular weight is 289 g/mol. The minimum absolute atomic E-state index is 0.126. The lowest BCUT2D eigenvalue weighted by molar-refractivity contribution is -0.114. The topological polar surface area (TPSA) is 41.1 Å². The van der Waals surface area contributed by atoms with Crippen LogP contribution in [0.2, 0.25) is 5.02 Å². The number of rotatable bonds is 4. The van der Waals surface area contributed by atoms with E-state index < -0.39 is 0 Å². The van der Waals surface area contributed by atoms with Crippen molar-refractivity contribution >= 4 is 28.9 Å². The van der Waals surface area contributed by atoms with Crippen molar-refractivity contribution < 1.29 is 4.79 Å². The summed E-state index contributed by atoms with van der Waals surface area (Å²) in [4.78, 5) is 11.9. The highest BCUT2D eigenvalue weighted by molar-refractivity contribution is 6.33. The van der Waals surface area contributed by atoms with Crippen molar-refractivity contribution in [1.29, 1.82) is 0 Å². The normalized spacial score (nSPS) is 10.2. The molecule has 0 bridgehead atoms. The van der Waals surface area contributed by atoms with E-state index in [-0.39, 0.29) is 12.5 Å². The summed E-state index contributed by atoms with van der Waals surface area (Å²) >= 11 is 6.00. The van der Waals surface area contributed by atoms with Crippen molar-refractivity contribution in [3.63, 3.8) is 0 Å². The molecule has 3 nitrogen and oxygen atoms in total. The molecule has 0 saturated heterocycles. The fraction of sp³-hybridized carbons (Fsp3) is 0.188. The molecule has 0 atom stereocenters. The molecule has 1 amide bonds. The minimum atomic E-state index is -0.126. The Labute approximate surface area is 124 Å². The Hall–Kier alpha value is -2.00. The molecular weight excluding hydrogens is 272 g/mol. The smallest absolute Gasteiger partial charge is 0.243 e. The molecule has 2 aromatic rings. The van der Waals surface area contributed by atoms with Crippen LogP contribution in [0.25, 0.3) is 0 Å². The lowest BCUT2D eigenvalue weighted by Crippen LogP contribution is -2.22. The van der Waals surface area contributed by atoms with Crippen molar-refractivity contribution in [2.24, 2.45) is 0 Å². The van der Waals surface area contributed by atoms with Crippen LogP contribution >= 0.6 is 11.6 Å². The summed E-state index contributed by atoms with van der Waals surface area (Å²) in [5.41, 5.74) is 3.95. The molecule has 4 heteroatoms. The van der Waals surface area contributed by atoms with Crippen LogP contribution in [0.4, 0.5) is 11.4 Å². The number of para-hydroxylation sites is 1. The summed E-state index contributed by atoms with van der Waals surface area (Å²) < 4.78 is 0. The van der Waals surface area contributed by atoms with Crippen molar-refractivity contribution in [3.8, 4) is 0 Å². The first kappa shape index (κ1) is 14.4. The fourth-order valence-electron chi connectivity index (χ4n) is 1.88. The summed E-state index contributed by atoms with van der Waals surface area (Å²) in [6.45, 7) is 4.28. The number of carbonyl (C=O) groups is 1. The number of amides is 1. The van der Waals surface area contributed by atoms with Gasteiger partial charge in [-0.2, -0.15) is 0 Å². The van der Waals surface area contributed by atoms with Gasteiger partial charge in [0.25, 0.3) is 0 Å². The monoisotopic (exact) mass is 288 g/mol. The number of benzene rings is 2. The third-order valence-corrected chi connectivity index (χ3v) is 3.52. The van der Waals surface area contributed by atoms with Gasteiger partial charge in [-0.25, -0.2) is 0 Å². The molecule has 0 heterocycles. The van der Waals surface area contributed by atoms with Crippen molar-refractivity contribution in [2.45, 2.75) is 13.8 Å². The Kier molecular flexibility index (Phi) is 4.64. The lowest BCUT2D eigenvalue weighted by Gasteiger charge is -2.12. The maximum Gasteiger partial charge on any atom is 0.243 e. The van der Waals surface area contributed by atoms with E-state index in [4.69, 9.17) is 11.6 Å². The predicted molar refractivity (Wildman–Crippen MR) is 84.5 cm³/mol. The SMILES string of the molecule is Cc1cccc(NCC(=O)Nc2ccccc2Cl)c1C. The third kappa shape index (κ3) is 3.52. The van der Waals surface area contributed by atoms with Crippen LogP contribution < -0.4 is 10.6 Å². The summed E-state index contributed by atoms with van der Waals surface area (Å²) in [6, 6.07) is 13.2. The average Bonchev–Trinajstić information content (AvgIpc) is 2.43. The molecule has 0 spiro atoms. The lowest BCUT2D eigenvalue weighted by atomic mass is 10.1. The van der Waals surface area contributed by atoms with E-state index in [1.807, 2.05) is 44.2 Å². The first-order valence-corrected chi connectivity index (χ1v) is 6.80. The molecule has 2 N–H and O–H groups in total. The molecule has 0 aliphatic carbocycles. The molecule has 0 aromatic heterocycles. The summed E-state index contributed by atoms with van der Waals surface area (Å²) in [5.74, 6) is -0.126. The molecule has 2 aromatic carbocycles. The molecule has 0 unspecified atom stereocenters. The van der Waals surface area contributed by atoms with Gasteiger partial charge >= 0.3 is 0 Å². The number of aryl methyl sites for hydroxylation is 1. The number of halogens is 1. The fourth-order valence-corrected chi connectivity index (χ4v) is 2.06.